The van der Waals surface area contributed by atoms with Crippen LogP contribution in [0.15, 0.2) is 0 Å². The number of esters is 1. The third kappa shape index (κ3) is 8.20. The first-order chi connectivity index (χ1) is 6.61. The van der Waals surface area contributed by atoms with Gasteiger partial charge >= 0.3 is 5.97 Å². The number of carbonyl (C=O) groups excluding carboxylic acids is 2. The van der Waals surface area contributed by atoms with Crippen LogP contribution in [-0.4, -0.2) is 31.6 Å². The molecule has 0 heterocycles. The molecule has 90 valence electrons. The molecule has 0 aromatic heterocycles. The van der Waals surface area contributed by atoms with Crippen molar-refractivity contribution in [3.05, 3.63) is 0 Å². The minimum atomic E-state index is -0.538. The SMILES string of the molecule is COC(=O)[C@H](CCCCN)NC(C)=O.Cl. The molecule has 15 heavy (non-hydrogen) atoms. The molecule has 0 unspecified atom stereocenters. The van der Waals surface area contributed by atoms with Gasteiger partial charge in [-0.1, -0.05) is 0 Å². The van der Waals surface area contributed by atoms with Gasteiger partial charge in [0.25, 0.3) is 0 Å². The van der Waals surface area contributed by atoms with E-state index >= 15 is 0 Å². The molecule has 0 saturated heterocycles. The number of unbranched alkanes of at least 4 members (excludes halogenated alkanes) is 1. The molecule has 0 rings (SSSR count). The number of hydrogen-bond donors (Lipinski definition) is 2. The summed E-state index contributed by atoms with van der Waals surface area (Å²) in [5.74, 6) is -0.634. The number of hydrogen-bond acceptors (Lipinski definition) is 4. The zero-order valence-electron chi connectivity index (χ0n) is 9.12. The highest BCUT2D eigenvalue weighted by Gasteiger charge is 2.18. The number of carbonyl (C=O) groups is 2. The van der Waals surface area contributed by atoms with Crippen LogP contribution in [0.25, 0.3) is 0 Å². The van der Waals surface area contributed by atoms with E-state index in [1.807, 2.05) is 0 Å². The quantitative estimate of drug-likeness (QED) is 0.512. The van der Waals surface area contributed by atoms with Gasteiger partial charge in [-0.2, -0.15) is 0 Å². The van der Waals surface area contributed by atoms with Crippen molar-refractivity contribution in [3.63, 3.8) is 0 Å². The molecule has 1 amide bonds. The Bertz CT molecular complexity index is 200. The van der Waals surface area contributed by atoms with E-state index in [9.17, 15) is 9.59 Å². The Kier molecular flexibility index (Phi) is 10.8. The summed E-state index contributed by atoms with van der Waals surface area (Å²) in [7, 11) is 1.31. The summed E-state index contributed by atoms with van der Waals surface area (Å²) >= 11 is 0. The maximum Gasteiger partial charge on any atom is 0.328 e. The van der Waals surface area contributed by atoms with Crippen LogP contribution >= 0.6 is 12.4 Å². The van der Waals surface area contributed by atoms with Crippen LogP contribution in [0, 0.1) is 0 Å². The van der Waals surface area contributed by atoms with Gasteiger partial charge in [0.2, 0.25) is 5.91 Å². The lowest BCUT2D eigenvalue weighted by Gasteiger charge is -2.14. The van der Waals surface area contributed by atoms with Crippen molar-refractivity contribution in [2.45, 2.75) is 32.2 Å². The summed E-state index contributed by atoms with van der Waals surface area (Å²) in [6, 6.07) is -0.538. The standard InChI is InChI=1S/C9H18N2O3.ClH/c1-7(12)11-8(9(13)14-2)5-3-4-6-10;/h8H,3-6,10H2,1-2H3,(H,11,12);1H/t8-;/m0./s1. The largest absolute Gasteiger partial charge is 0.467 e. The van der Waals surface area contributed by atoms with E-state index in [-0.39, 0.29) is 18.3 Å². The molecule has 5 nitrogen and oxygen atoms in total. The minimum Gasteiger partial charge on any atom is -0.467 e. The Morgan fingerprint density at radius 1 is 1.40 bits per heavy atom. The van der Waals surface area contributed by atoms with Crippen molar-refractivity contribution < 1.29 is 14.3 Å². The molecule has 0 radical (unpaired) electrons. The average Bonchev–Trinajstić information content (AvgIpc) is 2.15. The predicted molar refractivity (Wildman–Crippen MR) is 59.8 cm³/mol. The molecule has 0 aliphatic carbocycles. The lowest BCUT2D eigenvalue weighted by atomic mass is 10.1. The normalized spacial score (nSPS) is 11.1. The molecular weight excluding hydrogens is 220 g/mol. The van der Waals surface area contributed by atoms with Crippen molar-refractivity contribution in [2.24, 2.45) is 5.73 Å². The molecule has 0 spiro atoms. The zero-order chi connectivity index (χ0) is 11.0. The van der Waals surface area contributed by atoms with Crippen LogP contribution in [0.5, 0.6) is 0 Å². The molecule has 0 aromatic carbocycles. The Morgan fingerprint density at radius 3 is 2.40 bits per heavy atom. The number of nitrogens with two attached hydrogens (primary N) is 1. The van der Waals surface area contributed by atoms with E-state index in [0.717, 1.165) is 12.8 Å². The van der Waals surface area contributed by atoms with Crippen molar-refractivity contribution in [1.29, 1.82) is 0 Å². The second-order valence-electron chi connectivity index (χ2n) is 3.06. The Balaban J connectivity index is 0. The zero-order valence-corrected chi connectivity index (χ0v) is 9.93. The Hall–Kier alpha value is -0.810. The van der Waals surface area contributed by atoms with E-state index in [2.05, 4.69) is 10.1 Å². The van der Waals surface area contributed by atoms with Crippen LogP contribution in [-0.2, 0) is 14.3 Å². The number of nitrogens with one attached hydrogen (secondary N) is 1. The van der Waals surface area contributed by atoms with Crippen molar-refractivity contribution in [1.82, 2.24) is 5.32 Å². The fourth-order valence-electron chi connectivity index (χ4n) is 1.13. The fraction of sp³-hybridized carbons (Fsp3) is 0.778. The molecule has 0 aliphatic rings. The van der Waals surface area contributed by atoms with E-state index < -0.39 is 12.0 Å². The number of methoxy groups -OCH3 is 1. The molecule has 3 N–H and O–H groups in total. The highest BCUT2D eigenvalue weighted by Crippen LogP contribution is 2.02. The first-order valence-corrected chi connectivity index (χ1v) is 4.66. The van der Waals surface area contributed by atoms with Crippen LogP contribution < -0.4 is 11.1 Å². The van der Waals surface area contributed by atoms with E-state index in [1.54, 1.807) is 0 Å². The number of halogens is 1. The first-order valence-electron chi connectivity index (χ1n) is 4.66. The van der Waals surface area contributed by atoms with Gasteiger partial charge in [0.15, 0.2) is 0 Å². The third-order valence-electron chi connectivity index (χ3n) is 1.81. The summed E-state index contributed by atoms with van der Waals surface area (Å²) in [5, 5.41) is 2.54. The van der Waals surface area contributed by atoms with Crippen LogP contribution in [0.4, 0.5) is 0 Å². The number of ether oxygens (including phenoxy) is 1. The van der Waals surface area contributed by atoms with Gasteiger partial charge < -0.3 is 15.8 Å². The van der Waals surface area contributed by atoms with Gasteiger partial charge in [0.05, 0.1) is 7.11 Å². The minimum absolute atomic E-state index is 0. The highest BCUT2D eigenvalue weighted by molar-refractivity contribution is 5.85. The maximum absolute atomic E-state index is 11.2. The van der Waals surface area contributed by atoms with Crippen molar-refractivity contribution >= 4 is 24.3 Å². The van der Waals surface area contributed by atoms with Gasteiger partial charge in [-0.3, -0.25) is 4.79 Å². The summed E-state index contributed by atoms with van der Waals surface area (Å²) < 4.78 is 4.56. The first kappa shape index (κ1) is 16.6. The molecule has 0 aromatic rings. The lowest BCUT2D eigenvalue weighted by molar-refractivity contribution is -0.145. The van der Waals surface area contributed by atoms with Crippen LogP contribution in [0.2, 0.25) is 0 Å². The van der Waals surface area contributed by atoms with E-state index in [4.69, 9.17) is 5.73 Å². The Labute approximate surface area is 96.1 Å². The molecule has 0 fully saturated rings. The molecule has 0 aliphatic heterocycles. The second kappa shape index (κ2) is 9.73. The topological polar surface area (TPSA) is 81.4 Å². The van der Waals surface area contributed by atoms with Gasteiger partial charge in [0.1, 0.15) is 6.04 Å². The predicted octanol–water partition coefficient (Wildman–Crippen LogP) is 0.215. The van der Waals surface area contributed by atoms with Gasteiger partial charge in [0, 0.05) is 6.92 Å². The number of rotatable bonds is 6. The third-order valence-corrected chi connectivity index (χ3v) is 1.81. The summed E-state index contributed by atoms with van der Waals surface area (Å²) in [6.07, 6.45) is 2.22. The van der Waals surface area contributed by atoms with E-state index in [1.165, 1.54) is 14.0 Å². The molecular formula is C9H19ClN2O3. The average molecular weight is 239 g/mol. The van der Waals surface area contributed by atoms with Gasteiger partial charge in [-0.15, -0.1) is 12.4 Å². The molecule has 6 heteroatoms. The van der Waals surface area contributed by atoms with Crippen LogP contribution in [0.1, 0.15) is 26.2 Å². The van der Waals surface area contributed by atoms with E-state index in [0.29, 0.717) is 13.0 Å². The molecule has 1 atom stereocenters. The van der Waals surface area contributed by atoms with Gasteiger partial charge in [-0.05, 0) is 25.8 Å². The van der Waals surface area contributed by atoms with Crippen LogP contribution in [0.3, 0.4) is 0 Å². The maximum atomic E-state index is 11.2. The summed E-state index contributed by atoms with van der Waals surface area (Å²) in [5.41, 5.74) is 5.32. The summed E-state index contributed by atoms with van der Waals surface area (Å²) in [6.45, 7) is 1.97. The number of amides is 1. The molecule has 0 bridgehead atoms. The van der Waals surface area contributed by atoms with Crippen molar-refractivity contribution in [3.8, 4) is 0 Å². The smallest absolute Gasteiger partial charge is 0.328 e. The second-order valence-corrected chi connectivity index (χ2v) is 3.06. The summed E-state index contributed by atoms with van der Waals surface area (Å²) in [4.78, 5) is 21.9. The Morgan fingerprint density at radius 2 is 2.00 bits per heavy atom. The lowest BCUT2D eigenvalue weighted by Crippen LogP contribution is -2.40. The molecule has 0 saturated carbocycles. The highest BCUT2D eigenvalue weighted by atomic mass is 35.5. The fourth-order valence-corrected chi connectivity index (χ4v) is 1.13. The van der Waals surface area contributed by atoms with Crippen molar-refractivity contribution in [2.75, 3.05) is 13.7 Å². The van der Waals surface area contributed by atoms with Gasteiger partial charge in [-0.25, -0.2) is 4.79 Å². The monoisotopic (exact) mass is 238 g/mol.